The van der Waals surface area contributed by atoms with Gasteiger partial charge in [0, 0.05) is 6.54 Å². The Balaban J connectivity index is 2.00. The Hall–Kier alpha value is -1.22. The summed E-state index contributed by atoms with van der Waals surface area (Å²) in [6, 6.07) is 5.97. The topological polar surface area (TPSA) is 35.1 Å². The van der Waals surface area contributed by atoms with Crippen molar-refractivity contribution < 1.29 is 4.42 Å². The highest BCUT2D eigenvalue weighted by molar-refractivity contribution is 6.21. The average Bonchev–Trinajstić information content (AvgIpc) is 3.04. The van der Waals surface area contributed by atoms with Crippen LogP contribution in [0.5, 0.6) is 0 Å². The second kappa shape index (κ2) is 5.53. The maximum absolute atomic E-state index is 11.9. The van der Waals surface area contributed by atoms with Gasteiger partial charge in [0.05, 0.1) is 10.9 Å². The van der Waals surface area contributed by atoms with E-state index in [1.54, 1.807) is 4.57 Å². The number of fused-ring (bicyclic) bond motifs is 1. The van der Waals surface area contributed by atoms with Crippen LogP contribution >= 0.6 is 11.6 Å². The molecule has 0 N–H and O–H groups in total. The summed E-state index contributed by atoms with van der Waals surface area (Å²) in [5.74, 6) is -0.276. The fourth-order valence-corrected chi connectivity index (χ4v) is 3.87. The maximum Gasteiger partial charge on any atom is 0.419 e. The fraction of sp³-hybridized carbons (Fsp3) is 0.588. The zero-order chi connectivity index (χ0) is 15.0. The third kappa shape index (κ3) is 2.52. The molecule has 1 aromatic carbocycles. The normalized spacial score (nSPS) is 19.2. The lowest BCUT2D eigenvalue weighted by atomic mass is 9.81. The van der Waals surface area contributed by atoms with Crippen molar-refractivity contribution >= 4 is 22.7 Å². The van der Waals surface area contributed by atoms with Crippen molar-refractivity contribution in [1.82, 2.24) is 4.57 Å². The largest absolute Gasteiger partial charge is 0.419 e. The number of alkyl halides is 1. The number of nitrogens with zero attached hydrogens (tertiary/aromatic N) is 1. The van der Waals surface area contributed by atoms with Crippen LogP contribution < -0.4 is 5.76 Å². The van der Waals surface area contributed by atoms with Crippen molar-refractivity contribution in [3.63, 3.8) is 0 Å². The third-order valence-corrected chi connectivity index (χ3v) is 5.57. The first-order valence-electron chi connectivity index (χ1n) is 7.82. The van der Waals surface area contributed by atoms with Gasteiger partial charge in [-0.3, -0.25) is 4.57 Å². The Labute approximate surface area is 129 Å². The molecule has 2 aromatic rings. The van der Waals surface area contributed by atoms with Gasteiger partial charge in [-0.05, 0) is 42.4 Å². The van der Waals surface area contributed by atoms with Gasteiger partial charge in [0.2, 0.25) is 0 Å². The number of halogens is 1. The van der Waals surface area contributed by atoms with Crippen LogP contribution in [0, 0.1) is 5.41 Å². The third-order valence-electron chi connectivity index (χ3n) is 4.79. The second-order valence-corrected chi connectivity index (χ2v) is 6.91. The molecule has 3 nitrogen and oxygen atoms in total. The van der Waals surface area contributed by atoms with Crippen LogP contribution in [0.2, 0.25) is 0 Å². The molecule has 1 unspecified atom stereocenters. The molecule has 0 aliphatic heterocycles. The van der Waals surface area contributed by atoms with Gasteiger partial charge < -0.3 is 4.42 Å². The van der Waals surface area contributed by atoms with Crippen molar-refractivity contribution in [1.29, 1.82) is 0 Å². The van der Waals surface area contributed by atoms with E-state index in [1.807, 2.05) is 18.2 Å². The van der Waals surface area contributed by atoms with Crippen LogP contribution in [0.3, 0.4) is 0 Å². The van der Waals surface area contributed by atoms with E-state index in [0.29, 0.717) is 12.1 Å². The molecule has 1 aromatic heterocycles. The summed E-state index contributed by atoms with van der Waals surface area (Å²) in [6.07, 6.45) is 5.75. The number of hydrogen-bond acceptors (Lipinski definition) is 2. The summed E-state index contributed by atoms with van der Waals surface area (Å²) in [5.41, 5.74) is 2.73. The van der Waals surface area contributed by atoms with Gasteiger partial charge in [0.15, 0.2) is 5.58 Å². The predicted molar refractivity (Wildman–Crippen MR) is 85.9 cm³/mol. The van der Waals surface area contributed by atoms with Gasteiger partial charge in [-0.2, -0.15) is 0 Å². The Kier molecular flexibility index (Phi) is 3.87. The van der Waals surface area contributed by atoms with Crippen molar-refractivity contribution in [2.75, 3.05) is 0 Å². The van der Waals surface area contributed by atoms with E-state index in [1.165, 1.54) is 25.7 Å². The standard InChI is InChI=1S/C17H22ClNO2/c1-3-10-19-13-7-6-12(11-14(13)21-16(19)20)15(18)17(2)8-4-5-9-17/h6-7,11,15H,3-5,8-10H2,1-2H3. The SMILES string of the molecule is CCCn1c(=O)oc2cc(C(Cl)C3(C)CCCC3)ccc21. The first kappa shape index (κ1) is 14.7. The molecule has 1 heterocycles. The van der Waals surface area contributed by atoms with Crippen LogP contribution in [0.25, 0.3) is 11.1 Å². The summed E-state index contributed by atoms with van der Waals surface area (Å²) < 4.78 is 7.08. The van der Waals surface area contributed by atoms with Crippen LogP contribution in [-0.2, 0) is 6.54 Å². The first-order valence-corrected chi connectivity index (χ1v) is 8.26. The van der Waals surface area contributed by atoms with Crippen LogP contribution in [0.15, 0.2) is 27.4 Å². The molecule has 3 rings (SSSR count). The minimum Gasteiger partial charge on any atom is -0.408 e. The number of aryl methyl sites for hydroxylation is 1. The molecule has 0 radical (unpaired) electrons. The summed E-state index contributed by atoms with van der Waals surface area (Å²) in [4.78, 5) is 11.9. The van der Waals surface area contributed by atoms with E-state index in [2.05, 4.69) is 13.8 Å². The van der Waals surface area contributed by atoms with Crippen LogP contribution in [0.1, 0.15) is 56.9 Å². The highest BCUT2D eigenvalue weighted by atomic mass is 35.5. The lowest BCUT2D eigenvalue weighted by Gasteiger charge is -2.29. The van der Waals surface area contributed by atoms with Gasteiger partial charge in [-0.25, -0.2) is 4.79 Å². The Bertz CT molecular complexity index is 694. The van der Waals surface area contributed by atoms with Crippen molar-refractivity contribution in [2.45, 2.75) is 57.9 Å². The molecule has 0 spiro atoms. The summed E-state index contributed by atoms with van der Waals surface area (Å²) >= 11 is 6.74. The van der Waals surface area contributed by atoms with Crippen molar-refractivity contribution in [2.24, 2.45) is 5.41 Å². The molecule has 0 bridgehead atoms. The minimum absolute atomic E-state index is 0.0239. The Morgan fingerprint density at radius 2 is 2.10 bits per heavy atom. The molecular weight excluding hydrogens is 286 g/mol. The zero-order valence-corrected chi connectivity index (χ0v) is 13.4. The number of benzene rings is 1. The number of hydrogen-bond donors (Lipinski definition) is 0. The van der Waals surface area contributed by atoms with Crippen LogP contribution in [-0.4, -0.2) is 4.57 Å². The van der Waals surface area contributed by atoms with Gasteiger partial charge in [-0.1, -0.05) is 32.8 Å². The van der Waals surface area contributed by atoms with E-state index < -0.39 is 0 Å². The second-order valence-electron chi connectivity index (χ2n) is 6.47. The van der Waals surface area contributed by atoms with E-state index >= 15 is 0 Å². The molecular formula is C17H22ClNO2. The summed E-state index contributed by atoms with van der Waals surface area (Å²) in [6.45, 7) is 5.00. The molecule has 1 atom stereocenters. The predicted octanol–water partition coefficient (Wildman–Crippen LogP) is 4.86. The highest BCUT2D eigenvalue weighted by Gasteiger charge is 2.36. The summed E-state index contributed by atoms with van der Waals surface area (Å²) in [7, 11) is 0. The van der Waals surface area contributed by atoms with Gasteiger partial charge >= 0.3 is 5.76 Å². The smallest absolute Gasteiger partial charge is 0.408 e. The molecule has 1 fully saturated rings. The average molecular weight is 308 g/mol. The quantitative estimate of drug-likeness (QED) is 0.756. The monoisotopic (exact) mass is 307 g/mol. The van der Waals surface area contributed by atoms with E-state index in [9.17, 15) is 4.79 Å². The van der Waals surface area contributed by atoms with E-state index in [-0.39, 0.29) is 16.5 Å². The highest BCUT2D eigenvalue weighted by Crippen LogP contribution is 2.50. The fourth-order valence-electron chi connectivity index (χ4n) is 3.51. The maximum atomic E-state index is 11.9. The molecule has 1 aliphatic carbocycles. The van der Waals surface area contributed by atoms with Gasteiger partial charge in [0.25, 0.3) is 0 Å². The number of aromatic nitrogens is 1. The molecule has 21 heavy (non-hydrogen) atoms. The Morgan fingerprint density at radius 1 is 1.38 bits per heavy atom. The molecule has 0 amide bonds. The molecule has 0 saturated heterocycles. The number of rotatable bonds is 4. The Morgan fingerprint density at radius 3 is 2.76 bits per heavy atom. The molecule has 114 valence electrons. The van der Waals surface area contributed by atoms with Crippen molar-refractivity contribution in [3.05, 3.63) is 34.3 Å². The number of oxazole rings is 1. The van der Waals surface area contributed by atoms with Gasteiger partial charge in [0.1, 0.15) is 0 Å². The minimum atomic E-state index is -0.276. The van der Waals surface area contributed by atoms with Crippen molar-refractivity contribution in [3.8, 4) is 0 Å². The molecule has 4 heteroatoms. The van der Waals surface area contributed by atoms with E-state index in [0.717, 1.165) is 17.5 Å². The lowest BCUT2D eigenvalue weighted by Crippen LogP contribution is -2.18. The zero-order valence-electron chi connectivity index (χ0n) is 12.7. The summed E-state index contributed by atoms with van der Waals surface area (Å²) in [5, 5.41) is -0.0239. The molecule has 1 saturated carbocycles. The van der Waals surface area contributed by atoms with E-state index in [4.69, 9.17) is 16.0 Å². The molecule has 1 aliphatic rings. The first-order chi connectivity index (χ1) is 10.0. The van der Waals surface area contributed by atoms with Crippen LogP contribution in [0.4, 0.5) is 0 Å². The van der Waals surface area contributed by atoms with Gasteiger partial charge in [-0.15, -0.1) is 11.6 Å². The lowest BCUT2D eigenvalue weighted by molar-refractivity contribution is 0.322.